The van der Waals surface area contributed by atoms with Gasteiger partial charge in [0.1, 0.15) is 0 Å². The summed E-state index contributed by atoms with van der Waals surface area (Å²) in [6.07, 6.45) is 2.67. The molecule has 1 amide bonds. The number of carbonyl (C=O) groups excluding carboxylic acids is 2. The van der Waals surface area contributed by atoms with Crippen molar-refractivity contribution >= 4 is 39.4 Å². The summed E-state index contributed by atoms with van der Waals surface area (Å²) in [5, 5.41) is 11.7. The number of ether oxygens (including phenoxy) is 2. The zero-order chi connectivity index (χ0) is 26.3. The first-order valence-corrected chi connectivity index (χ1v) is 13.0. The number of hydrogen-bond acceptors (Lipinski definition) is 5. The Morgan fingerprint density at radius 3 is 2.68 bits per heavy atom. The standard InChI is InChI=1S/C30H28BrNO5/c1-18(2)21-7-4-19(3)22(13-21)16-32-26-10-8-23(31)14-25(26)30(35,29(32)34)15-24(33)9-5-20-6-11-27-28(12-20)37-17-36-27/h4-14,18,35H,15-17H2,1-3H3/b9-5+. The van der Waals surface area contributed by atoms with E-state index in [4.69, 9.17) is 9.47 Å². The maximum atomic E-state index is 13.7. The second-order valence-corrected chi connectivity index (χ2v) is 10.8. The summed E-state index contributed by atoms with van der Waals surface area (Å²) in [7, 11) is 0. The number of aliphatic hydroxyl groups is 1. The predicted octanol–water partition coefficient (Wildman–Crippen LogP) is 6.02. The van der Waals surface area contributed by atoms with E-state index in [1.165, 1.54) is 11.6 Å². The number of fused-ring (bicyclic) bond motifs is 2. The zero-order valence-corrected chi connectivity index (χ0v) is 22.5. The Bertz CT molecular complexity index is 1430. The SMILES string of the molecule is Cc1ccc(C(C)C)cc1CN1C(=O)C(O)(CC(=O)/C=C/c2ccc3c(c2)OCO3)c2cc(Br)ccc21. The van der Waals surface area contributed by atoms with Crippen LogP contribution in [-0.4, -0.2) is 23.6 Å². The Morgan fingerprint density at radius 2 is 1.89 bits per heavy atom. The highest BCUT2D eigenvalue weighted by Gasteiger charge is 2.50. The third-order valence-corrected chi connectivity index (χ3v) is 7.44. The lowest BCUT2D eigenvalue weighted by atomic mass is 9.89. The van der Waals surface area contributed by atoms with E-state index in [2.05, 4.69) is 48.0 Å². The van der Waals surface area contributed by atoms with Crippen molar-refractivity contribution in [2.45, 2.75) is 45.3 Å². The largest absolute Gasteiger partial charge is 0.454 e. The Hall–Kier alpha value is -3.42. The molecule has 2 heterocycles. The van der Waals surface area contributed by atoms with Gasteiger partial charge >= 0.3 is 0 Å². The average Bonchev–Trinajstić information content (AvgIpc) is 3.41. The van der Waals surface area contributed by atoms with Crippen LogP contribution in [0.15, 0.2) is 65.1 Å². The van der Waals surface area contributed by atoms with Crippen molar-refractivity contribution in [2.75, 3.05) is 11.7 Å². The van der Waals surface area contributed by atoms with Crippen LogP contribution in [0.5, 0.6) is 11.5 Å². The van der Waals surface area contributed by atoms with Gasteiger partial charge in [-0.15, -0.1) is 0 Å². The lowest BCUT2D eigenvalue weighted by Crippen LogP contribution is -2.41. The lowest BCUT2D eigenvalue weighted by Gasteiger charge is -2.23. The number of benzene rings is 3. The first kappa shape index (κ1) is 25.2. The molecular weight excluding hydrogens is 534 g/mol. The minimum absolute atomic E-state index is 0.170. The molecule has 0 fully saturated rings. The molecule has 190 valence electrons. The van der Waals surface area contributed by atoms with Gasteiger partial charge in [0.25, 0.3) is 5.91 Å². The van der Waals surface area contributed by atoms with Crippen molar-refractivity contribution in [2.24, 2.45) is 0 Å². The predicted molar refractivity (Wildman–Crippen MR) is 146 cm³/mol. The number of halogens is 1. The van der Waals surface area contributed by atoms with Gasteiger partial charge in [0.15, 0.2) is 22.9 Å². The van der Waals surface area contributed by atoms with Gasteiger partial charge < -0.3 is 19.5 Å². The molecule has 5 rings (SSSR count). The molecule has 1 unspecified atom stereocenters. The van der Waals surface area contributed by atoms with Crippen molar-refractivity contribution in [1.82, 2.24) is 0 Å². The average molecular weight is 562 g/mol. The summed E-state index contributed by atoms with van der Waals surface area (Å²) < 4.78 is 11.4. The van der Waals surface area contributed by atoms with Crippen molar-refractivity contribution in [3.05, 3.63) is 93.0 Å². The van der Waals surface area contributed by atoms with Crippen LogP contribution in [0.4, 0.5) is 5.69 Å². The quantitative estimate of drug-likeness (QED) is 0.357. The van der Waals surface area contributed by atoms with Gasteiger partial charge in [0, 0.05) is 10.0 Å². The molecule has 6 nitrogen and oxygen atoms in total. The highest BCUT2D eigenvalue weighted by molar-refractivity contribution is 9.10. The highest BCUT2D eigenvalue weighted by atomic mass is 79.9. The van der Waals surface area contributed by atoms with E-state index < -0.39 is 11.5 Å². The molecule has 2 aliphatic rings. The summed E-state index contributed by atoms with van der Waals surface area (Å²) in [6.45, 7) is 6.75. The summed E-state index contributed by atoms with van der Waals surface area (Å²) in [4.78, 5) is 28.3. The van der Waals surface area contributed by atoms with Crippen LogP contribution in [0.1, 0.15) is 54.0 Å². The maximum absolute atomic E-state index is 13.7. The third-order valence-electron chi connectivity index (χ3n) is 6.95. The van der Waals surface area contributed by atoms with Gasteiger partial charge in [0.05, 0.1) is 18.7 Å². The van der Waals surface area contributed by atoms with E-state index in [9.17, 15) is 14.7 Å². The number of allylic oxidation sites excluding steroid dienone is 1. The second-order valence-electron chi connectivity index (χ2n) is 9.84. The zero-order valence-electron chi connectivity index (χ0n) is 21.0. The molecule has 0 aliphatic carbocycles. The number of hydrogen-bond donors (Lipinski definition) is 1. The minimum Gasteiger partial charge on any atom is -0.454 e. The fourth-order valence-corrected chi connectivity index (χ4v) is 5.12. The molecule has 1 atom stereocenters. The molecule has 0 saturated carbocycles. The summed E-state index contributed by atoms with van der Waals surface area (Å²) in [5.74, 6) is 0.762. The van der Waals surface area contributed by atoms with Crippen LogP contribution >= 0.6 is 15.9 Å². The highest BCUT2D eigenvalue weighted by Crippen LogP contribution is 2.45. The van der Waals surface area contributed by atoms with Gasteiger partial charge in [0.2, 0.25) is 6.79 Å². The van der Waals surface area contributed by atoms with Gasteiger partial charge in [-0.3, -0.25) is 9.59 Å². The number of rotatable bonds is 7. The number of amides is 1. The van der Waals surface area contributed by atoms with E-state index in [1.54, 1.807) is 29.2 Å². The fourth-order valence-electron chi connectivity index (χ4n) is 4.76. The smallest absolute Gasteiger partial charge is 0.264 e. The maximum Gasteiger partial charge on any atom is 0.264 e. The van der Waals surface area contributed by atoms with E-state index in [-0.39, 0.29) is 19.0 Å². The van der Waals surface area contributed by atoms with Gasteiger partial charge in [-0.2, -0.15) is 0 Å². The number of anilines is 1. The van der Waals surface area contributed by atoms with E-state index in [0.717, 1.165) is 21.2 Å². The van der Waals surface area contributed by atoms with Crippen molar-refractivity contribution in [3.63, 3.8) is 0 Å². The van der Waals surface area contributed by atoms with Crippen molar-refractivity contribution < 1.29 is 24.2 Å². The monoisotopic (exact) mass is 561 g/mol. The Kier molecular flexibility index (Phi) is 6.68. The Labute approximate surface area is 224 Å². The first-order chi connectivity index (χ1) is 17.7. The summed E-state index contributed by atoms with van der Waals surface area (Å²) in [5.41, 5.74) is 3.08. The normalized spacial score (nSPS) is 18.2. The van der Waals surface area contributed by atoms with E-state index in [0.29, 0.717) is 35.2 Å². The second kappa shape index (κ2) is 9.80. The third kappa shape index (κ3) is 4.81. The van der Waals surface area contributed by atoms with Crippen LogP contribution in [0.25, 0.3) is 6.08 Å². The molecule has 0 saturated heterocycles. The Morgan fingerprint density at radius 1 is 1.11 bits per heavy atom. The number of nitrogens with zero attached hydrogens (tertiary/aromatic N) is 1. The summed E-state index contributed by atoms with van der Waals surface area (Å²) in [6, 6.07) is 17.0. The molecule has 1 N–H and O–H groups in total. The number of ketones is 1. The fraction of sp³-hybridized carbons (Fsp3) is 0.267. The van der Waals surface area contributed by atoms with E-state index >= 15 is 0 Å². The lowest BCUT2D eigenvalue weighted by molar-refractivity contribution is -0.140. The van der Waals surface area contributed by atoms with Crippen LogP contribution in [-0.2, 0) is 21.7 Å². The van der Waals surface area contributed by atoms with Crippen LogP contribution in [0.3, 0.4) is 0 Å². The molecule has 2 aliphatic heterocycles. The minimum atomic E-state index is -1.96. The molecule has 7 heteroatoms. The molecule has 0 bridgehead atoms. The molecule has 0 spiro atoms. The first-order valence-electron chi connectivity index (χ1n) is 12.2. The molecule has 0 radical (unpaired) electrons. The van der Waals surface area contributed by atoms with Gasteiger partial charge in [-0.05, 0) is 71.5 Å². The number of aryl methyl sites for hydroxylation is 1. The van der Waals surface area contributed by atoms with Gasteiger partial charge in [-0.25, -0.2) is 0 Å². The molecule has 0 aromatic heterocycles. The van der Waals surface area contributed by atoms with Crippen LogP contribution < -0.4 is 14.4 Å². The molecule has 3 aromatic carbocycles. The van der Waals surface area contributed by atoms with E-state index in [1.807, 2.05) is 25.1 Å². The van der Waals surface area contributed by atoms with Crippen molar-refractivity contribution in [1.29, 1.82) is 0 Å². The van der Waals surface area contributed by atoms with Crippen LogP contribution in [0, 0.1) is 6.92 Å². The van der Waals surface area contributed by atoms with Crippen LogP contribution in [0.2, 0.25) is 0 Å². The van der Waals surface area contributed by atoms with Gasteiger partial charge in [-0.1, -0.05) is 60.1 Å². The molecular formula is C30H28BrNO5. The molecule has 3 aromatic rings. The molecule has 37 heavy (non-hydrogen) atoms. The summed E-state index contributed by atoms with van der Waals surface area (Å²) >= 11 is 3.45. The Balaban J connectivity index is 1.42. The van der Waals surface area contributed by atoms with Crippen molar-refractivity contribution in [3.8, 4) is 11.5 Å². The topological polar surface area (TPSA) is 76.1 Å². The number of carbonyl (C=O) groups is 2.